The lowest BCUT2D eigenvalue weighted by molar-refractivity contribution is 0.300. The minimum absolute atomic E-state index is 0.703. The van der Waals surface area contributed by atoms with Crippen LogP contribution in [0.1, 0.15) is 78.1 Å². The Morgan fingerprint density at radius 3 is 2.10 bits per heavy atom. The third-order valence-electron chi connectivity index (χ3n) is 5.62. The van der Waals surface area contributed by atoms with Crippen molar-refractivity contribution < 1.29 is 9.47 Å². The van der Waals surface area contributed by atoms with Gasteiger partial charge in [0.15, 0.2) is 11.6 Å². The summed E-state index contributed by atoms with van der Waals surface area (Å²) in [7, 11) is 0. The summed E-state index contributed by atoms with van der Waals surface area (Å²) in [6, 6.07) is 7.99. The highest BCUT2D eigenvalue weighted by Crippen LogP contribution is 2.21. The van der Waals surface area contributed by atoms with Crippen LogP contribution in [-0.4, -0.2) is 23.2 Å². The standard InChI is InChI=1S/C27H40N2O2/c1-4-6-7-8-9-12-19-30-25-17-15-24(16-18-25)27-28-21-26(22-29-27)31-20-13-10-11-14-23(3)5-2/h4,15-18,21-23H,1,5-14,19-20H2,2-3H3. The second kappa shape index (κ2) is 15.4. The van der Waals surface area contributed by atoms with Crippen LogP contribution in [0.3, 0.4) is 0 Å². The Bertz CT molecular complexity index is 713. The maximum Gasteiger partial charge on any atom is 0.159 e. The van der Waals surface area contributed by atoms with Gasteiger partial charge in [-0.05, 0) is 55.9 Å². The number of benzene rings is 1. The van der Waals surface area contributed by atoms with Crippen LogP contribution in [0.4, 0.5) is 0 Å². The fraction of sp³-hybridized carbons (Fsp3) is 0.556. The minimum Gasteiger partial charge on any atom is -0.494 e. The molecule has 2 rings (SSSR count). The second-order valence-corrected chi connectivity index (χ2v) is 8.32. The zero-order valence-electron chi connectivity index (χ0n) is 19.5. The molecule has 0 fully saturated rings. The number of hydrogen-bond acceptors (Lipinski definition) is 4. The minimum atomic E-state index is 0.703. The zero-order chi connectivity index (χ0) is 22.2. The van der Waals surface area contributed by atoms with Crippen molar-refractivity contribution in [1.82, 2.24) is 9.97 Å². The Morgan fingerprint density at radius 2 is 1.45 bits per heavy atom. The molecule has 1 aromatic heterocycles. The second-order valence-electron chi connectivity index (χ2n) is 8.32. The van der Waals surface area contributed by atoms with E-state index in [4.69, 9.17) is 9.47 Å². The molecule has 1 aromatic carbocycles. The van der Waals surface area contributed by atoms with Gasteiger partial charge in [-0.3, -0.25) is 0 Å². The number of ether oxygens (including phenoxy) is 2. The van der Waals surface area contributed by atoms with E-state index in [-0.39, 0.29) is 0 Å². The summed E-state index contributed by atoms with van der Waals surface area (Å²) in [6.45, 7) is 9.82. The van der Waals surface area contributed by atoms with Crippen LogP contribution >= 0.6 is 0 Å². The van der Waals surface area contributed by atoms with Gasteiger partial charge < -0.3 is 9.47 Å². The van der Waals surface area contributed by atoms with Gasteiger partial charge in [0.05, 0.1) is 25.6 Å². The predicted octanol–water partition coefficient (Wildman–Crippen LogP) is 7.64. The molecule has 4 heteroatoms. The third-order valence-corrected chi connectivity index (χ3v) is 5.62. The number of rotatable bonds is 17. The van der Waals surface area contributed by atoms with Crippen molar-refractivity contribution in [3.8, 4) is 22.9 Å². The van der Waals surface area contributed by atoms with Crippen molar-refractivity contribution in [2.75, 3.05) is 13.2 Å². The first-order valence-corrected chi connectivity index (χ1v) is 12.0. The van der Waals surface area contributed by atoms with Crippen molar-refractivity contribution in [3.05, 3.63) is 49.3 Å². The quantitative estimate of drug-likeness (QED) is 0.193. The van der Waals surface area contributed by atoms with E-state index in [0.717, 1.165) is 55.5 Å². The first-order chi connectivity index (χ1) is 15.2. The number of aromatic nitrogens is 2. The van der Waals surface area contributed by atoms with E-state index in [9.17, 15) is 0 Å². The number of unbranched alkanes of at least 4 members (excludes halogenated alkanes) is 6. The van der Waals surface area contributed by atoms with Gasteiger partial charge in [-0.2, -0.15) is 0 Å². The zero-order valence-corrected chi connectivity index (χ0v) is 19.5. The molecule has 0 spiro atoms. The van der Waals surface area contributed by atoms with Gasteiger partial charge in [-0.15, -0.1) is 6.58 Å². The summed E-state index contributed by atoms with van der Waals surface area (Å²) in [5, 5.41) is 0. The smallest absolute Gasteiger partial charge is 0.159 e. The number of allylic oxidation sites excluding steroid dienone is 1. The van der Waals surface area contributed by atoms with E-state index in [2.05, 4.69) is 30.4 Å². The topological polar surface area (TPSA) is 44.2 Å². The largest absolute Gasteiger partial charge is 0.494 e. The van der Waals surface area contributed by atoms with Crippen LogP contribution < -0.4 is 9.47 Å². The molecule has 170 valence electrons. The van der Waals surface area contributed by atoms with Crippen molar-refractivity contribution in [3.63, 3.8) is 0 Å². The molecule has 0 saturated carbocycles. The first-order valence-electron chi connectivity index (χ1n) is 12.0. The predicted molar refractivity (Wildman–Crippen MR) is 130 cm³/mol. The summed E-state index contributed by atoms with van der Waals surface area (Å²) in [4.78, 5) is 8.91. The van der Waals surface area contributed by atoms with E-state index in [1.165, 1.54) is 44.9 Å². The van der Waals surface area contributed by atoms with E-state index in [1.54, 1.807) is 12.4 Å². The lowest BCUT2D eigenvalue weighted by Crippen LogP contribution is -2.00. The van der Waals surface area contributed by atoms with E-state index in [0.29, 0.717) is 5.82 Å². The van der Waals surface area contributed by atoms with Crippen LogP contribution in [0.5, 0.6) is 11.5 Å². The van der Waals surface area contributed by atoms with Crippen molar-refractivity contribution >= 4 is 0 Å². The summed E-state index contributed by atoms with van der Waals surface area (Å²) in [5.74, 6) is 3.16. The lowest BCUT2D eigenvalue weighted by atomic mass is 10.0. The Balaban J connectivity index is 1.66. The molecule has 0 aliphatic heterocycles. The SMILES string of the molecule is C=CCCCCCCOc1ccc(-c2ncc(OCCCCCC(C)CC)cn2)cc1. The van der Waals surface area contributed by atoms with Gasteiger partial charge in [0.25, 0.3) is 0 Å². The fourth-order valence-corrected chi connectivity index (χ4v) is 3.34. The maximum absolute atomic E-state index is 5.83. The molecule has 0 amide bonds. The van der Waals surface area contributed by atoms with Crippen molar-refractivity contribution in [1.29, 1.82) is 0 Å². The summed E-state index contributed by atoms with van der Waals surface area (Å²) in [6.07, 6.45) is 17.5. The summed E-state index contributed by atoms with van der Waals surface area (Å²) < 4.78 is 11.6. The number of hydrogen-bond donors (Lipinski definition) is 0. The highest BCUT2D eigenvalue weighted by molar-refractivity contribution is 5.56. The molecule has 4 nitrogen and oxygen atoms in total. The maximum atomic E-state index is 5.83. The van der Waals surface area contributed by atoms with Crippen molar-refractivity contribution in [2.45, 2.75) is 78.1 Å². The van der Waals surface area contributed by atoms with Crippen LogP contribution in [0.15, 0.2) is 49.3 Å². The molecular weight excluding hydrogens is 384 g/mol. The highest BCUT2D eigenvalue weighted by atomic mass is 16.5. The molecule has 0 saturated heterocycles. The monoisotopic (exact) mass is 424 g/mol. The van der Waals surface area contributed by atoms with Gasteiger partial charge in [0.2, 0.25) is 0 Å². The first kappa shape index (κ1) is 24.9. The lowest BCUT2D eigenvalue weighted by Gasteiger charge is -2.09. The average Bonchev–Trinajstić information content (AvgIpc) is 2.81. The Hall–Kier alpha value is -2.36. The van der Waals surface area contributed by atoms with Crippen LogP contribution in [0, 0.1) is 5.92 Å². The molecule has 0 aliphatic rings. The van der Waals surface area contributed by atoms with Crippen LogP contribution in [0.25, 0.3) is 11.4 Å². The molecule has 0 bridgehead atoms. The van der Waals surface area contributed by atoms with Gasteiger partial charge in [0.1, 0.15) is 5.75 Å². The molecule has 2 aromatic rings. The van der Waals surface area contributed by atoms with E-state index < -0.39 is 0 Å². The molecule has 1 heterocycles. The fourth-order valence-electron chi connectivity index (χ4n) is 3.34. The highest BCUT2D eigenvalue weighted by Gasteiger charge is 2.04. The van der Waals surface area contributed by atoms with Gasteiger partial charge in [-0.1, -0.05) is 58.4 Å². The van der Waals surface area contributed by atoms with Gasteiger partial charge >= 0.3 is 0 Å². The third kappa shape index (κ3) is 10.5. The average molecular weight is 425 g/mol. The normalized spacial score (nSPS) is 11.8. The van der Waals surface area contributed by atoms with Gasteiger partial charge in [0, 0.05) is 5.56 Å². The molecule has 31 heavy (non-hydrogen) atoms. The Morgan fingerprint density at radius 1 is 0.839 bits per heavy atom. The summed E-state index contributed by atoms with van der Waals surface area (Å²) >= 11 is 0. The van der Waals surface area contributed by atoms with E-state index >= 15 is 0 Å². The molecule has 0 N–H and O–H groups in total. The molecule has 1 unspecified atom stereocenters. The summed E-state index contributed by atoms with van der Waals surface area (Å²) in [5.41, 5.74) is 0.980. The molecule has 1 atom stereocenters. The van der Waals surface area contributed by atoms with Crippen molar-refractivity contribution in [2.24, 2.45) is 5.92 Å². The molecule has 0 aliphatic carbocycles. The molecular formula is C27H40N2O2. The van der Waals surface area contributed by atoms with E-state index in [1.807, 2.05) is 30.3 Å². The Labute approximate surface area is 189 Å². The molecule has 0 radical (unpaired) electrons. The van der Waals surface area contributed by atoms with Gasteiger partial charge in [-0.25, -0.2) is 9.97 Å². The van der Waals surface area contributed by atoms with Crippen LogP contribution in [-0.2, 0) is 0 Å². The Kier molecular flexibility index (Phi) is 12.4. The van der Waals surface area contributed by atoms with Crippen LogP contribution in [0.2, 0.25) is 0 Å². The number of nitrogens with zero attached hydrogens (tertiary/aromatic N) is 2.